The Balaban J connectivity index is 1.83. The summed E-state index contributed by atoms with van der Waals surface area (Å²) < 4.78 is 25.0. The highest BCUT2D eigenvalue weighted by molar-refractivity contribution is 7.22. The Hall–Kier alpha value is -3.45. The van der Waals surface area contributed by atoms with Crippen molar-refractivity contribution in [2.75, 3.05) is 19.1 Å². The van der Waals surface area contributed by atoms with E-state index in [1.165, 1.54) is 42.6 Å². The molecule has 0 saturated carbocycles. The number of ether oxygens (including phenoxy) is 2. The summed E-state index contributed by atoms with van der Waals surface area (Å²) >= 11 is 1.39. The minimum atomic E-state index is -0.378. The predicted octanol–water partition coefficient (Wildman–Crippen LogP) is 5.43. The minimum absolute atomic E-state index is 0.309. The highest BCUT2D eigenvalue weighted by Gasteiger charge is 2.24. The number of thiazole rings is 1. The third-order valence-corrected chi connectivity index (χ3v) is 5.41. The molecule has 0 N–H and O–H groups in total. The number of carbonyl (C=O) groups is 1. The number of nitrogens with zero attached hydrogens (tertiary/aromatic N) is 2. The summed E-state index contributed by atoms with van der Waals surface area (Å²) in [5.41, 5.74) is 1.70. The van der Waals surface area contributed by atoms with E-state index in [2.05, 4.69) is 4.98 Å². The van der Waals surface area contributed by atoms with Crippen LogP contribution in [-0.4, -0.2) is 25.1 Å². The van der Waals surface area contributed by atoms with Crippen LogP contribution in [0, 0.1) is 5.82 Å². The van der Waals surface area contributed by atoms with Crippen molar-refractivity contribution in [3.05, 3.63) is 78.1 Å². The van der Waals surface area contributed by atoms with Crippen molar-refractivity contribution in [3.63, 3.8) is 0 Å². The van der Waals surface area contributed by atoms with Crippen LogP contribution in [-0.2, 0) is 0 Å². The molecule has 1 heterocycles. The monoisotopic (exact) mass is 408 g/mol. The number of anilines is 2. The van der Waals surface area contributed by atoms with Crippen molar-refractivity contribution in [2.24, 2.45) is 0 Å². The van der Waals surface area contributed by atoms with E-state index in [0.717, 1.165) is 10.2 Å². The van der Waals surface area contributed by atoms with E-state index in [1.54, 1.807) is 30.3 Å². The Bertz CT molecular complexity index is 1140. The van der Waals surface area contributed by atoms with Crippen LogP contribution in [0.25, 0.3) is 10.2 Å². The van der Waals surface area contributed by atoms with Crippen LogP contribution in [0.15, 0.2) is 66.7 Å². The molecule has 0 spiro atoms. The molecule has 0 unspecified atom stereocenters. The van der Waals surface area contributed by atoms with E-state index in [4.69, 9.17) is 9.47 Å². The molecule has 4 rings (SSSR count). The zero-order chi connectivity index (χ0) is 20.4. The fourth-order valence-electron chi connectivity index (χ4n) is 2.96. The van der Waals surface area contributed by atoms with E-state index in [9.17, 15) is 9.18 Å². The Morgan fingerprint density at radius 2 is 1.69 bits per heavy atom. The first kappa shape index (κ1) is 18.9. The third-order valence-electron chi connectivity index (χ3n) is 4.39. The quantitative estimate of drug-likeness (QED) is 0.442. The molecule has 0 fully saturated rings. The second-order valence-corrected chi connectivity index (χ2v) is 7.16. The van der Waals surface area contributed by atoms with E-state index in [1.807, 2.05) is 24.3 Å². The SMILES string of the molecule is COc1ccc(C(=O)N(c2ccc(F)cc2)c2nc3ccccc3s2)cc1OC. The number of carbonyl (C=O) groups excluding carboxylic acids is 1. The van der Waals surface area contributed by atoms with E-state index in [-0.39, 0.29) is 11.7 Å². The van der Waals surface area contributed by atoms with Crippen molar-refractivity contribution in [1.29, 1.82) is 0 Å². The molecule has 1 amide bonds. The van der Waals surface area contributed by atoms with Gasteiger partial charge >= 0.3 is 0 Å². The van der Waals surface area contributed by atoms with Crippen molar-refractivity contribution in [1.82, 2.24) is 4.98 Å². The Morgan fingerprint density at radius 1 is 0.966 bits per heavy atom. The maximum atomic E-state index is 13.5. The summed E-state index contributed by atoms with van der Waals surface area (Å²) in [7, 11) is 3.04. The summed E-state index contributed by atoms with van der Waals surface area (Å²) in [6.07, 6.45) is 0. The van der Waals surface area contributed by atoms with Crippen molar-refractivity contribution in [2.45, 2.75) is 0 Å². The number of halogens is 1. The Morgan fingerprint density at radius 3 is 2.38 bits per heavy atom. The maximum absolute atomic E-state index is 13.5. The van der Waals surface area contributed by atoms with Crippen LogP contribution in [0.2, 0.25) is 0 Å². The molecule has 5 nitrogen and oxygen atoms in total. The number of aromatic nitrogens is 1. The molecule has 0 aliphatic heterocycles. The number of benzene rings is 3. The van der Waals surface area contributed by atoms with Gasteiger partial charge in [0.2, 0.25) is 0 Å². The predicted molar refractivity (Wildman–Crippen MR) is 112 cm³/mol. The van der Waals surface area contributed by atoms with Gasteiger partial charge in [-0.1, -0.05) is 23.5 Å². The third kappa shape index (κ3) is 3.64. The molecule has 0 radical (unpaired) electrons. The average molecular weight is 408 g/mol. The Labute approximate surface area is 170 Å². The molecule has 1 aromatic heterocycles. The molecule has 0 bridgehead atoms. The van der Waals surface area contributed by atoms with Crippen LogP contribution < -0.4 is 14.4 Å². The number of para-hydroxylation sites is 1. The highest BCUT2D eigenvalue weighted by Crippen LogP contribution is 2.36. The standard InChI is InChI=1S/C22H17FN2O3S/c1-27-18-12-7-14(13-19(18)28-2)21(26)25(16-10-8-15(23)9-11-16)22-24-17-5-3-4-6-20(17)29-22/h3-13H,1-2H3. The van der Waals surface area contributed by atoms with E-state index in [0.29, 0.717) is 27.9 Å². The number of hydrogen-bond acceptors (Lipinski definition) is 5. The molecule has 146 valence electrons. The maximum Gasteiger partial charge on any atom is 0.264 e. The minimum Gasteiger partial charge on any atom is -0.493 e. The molecule has 0 aliphatic carbocycles. The molecule has 7 heteroatoms. The zero-order valence-corrected chi connectivity index (χ0v) is 16.6. The lowest BCUT2D eigenvalue weighted by Gasteiger charge is -2.20. The van der Waals surface area contributed by atoms with Gasteiger partial charge in [0.25, 0.3) is 5.91 Å². The average Bonchev–Trinajstić information content (AvgIpc) is 3.18. The number of methoxy groups -OCH3 is 2. The van der Waals surface area contributed by atoms with Crippen LogP contribution in [0.1, 0.15) is 10.4 Å². The summed E-state index contributed by atoms with van der Waals surface area (Å²) in [5, 5.41) is 0.498. The van der Waals surface area contributed by atoms with Gasteiger partial charge in [-0.05, 0) is 54.6 Å². The van der Waals surface area contributed by atoms with E-state index >= 15 is 0 Å². The normalized spacial score (nSPS) is 10.7. The van der Waals surface area contributed by atoms with Gasteiger partial charge in [0, 0.05) is 5.56 Å². The van der Waals surface area contributed by atoms with Gasteiger partial charge in [-0.15, -0.1) is 0 Å². The molecule has 0 saturated heterocycles. The summed E-state index contributed by atoms with van der Waals surface area (Å²) in [6, 6.07) is 18.3. The fourth-order valence-corrected chi connectivity index (χ4v) is 3.94. The van der Waals surface area contributed by atoms with Crippen LogP contribution >= 0.6 is 11.3 Å². The lowest BCUT2D eigenvalue weighted by molar-refractivity contribution is 0.0999. The van der Waals surface area contributed by atoms with Crippen LogP contribution in [0.4, 0.5) is 15.2 Å². The van der Waals surface area contributed by atoms with Gasteiger partial charge in [0.15, 0.2) is 16.6 Å². The second kappa shape index (κ2) is 7.89. The Kier molecular flexibility index (Phi) is 5.14. The van der Waals surface area contributed by atoms with Crippen molar-refractivity contribution >= 4 is 38.3 Å². The summed E-state index contributed by atoms with van der Waals surface area (Å²) in [5.74, 6) is 0.284. The molecule has 0 aliphatic rings. The number of hydrogen-bond donors (Lipinski definition) is 0. The molecule has 3 aromatic carbocycles. The molecule has 4 aromatic rings. The van der Waals surface area contributed by atoms with Gasteiger partial charge in [-0.2, -0.15) is 0 Å². The van der Waals surface area contributed by atoms with Gasteiger partial charge < -0.3 is 9.47 Å². The van der Waals surface area contributed by atoms with Crippen LogP contribution in [0.3, 0.4) is 0 Å². The van der Waals surface area contributed by atoms with Crippen molar-refractivity contribution in [3.8, 4) is 11.5 Å². The van der Waals surface area contributed by atoms with E-state index < -0.39 is 0 Å². The first-order chi connectivity index (χ1) is 14.1. The van der Waals surface area contributed by atoms with Crippen LogP contribution in [0.5, 0.6) is 11.5 Å². The first-order valence-electron chi connectivity index (χ1n) is 8.78. The largest absolute Gasteiger partial charge is 0.493 e. The lowest BCUT2D eigenvalue weighted by Crippen LogP contribution is -2.25. The summed E-state index contributed by atoms with van der Waals surface area (Å²) in [6.45, 7) is 0. The summed E-state index contributed by atoms with van der Waals surface area (Å²) in [4.78, 5) is 19.6. The van der Waals surface area contributed by atoms with Gasteiger partial charge in [-0.3, -0.25) is 9.69 Å². The zero-order valence-electron chi connectivity index (χ0n) is 15.8. The van der Waals surface area contributed by atoms with Gasteiger partial charge in [-0.25, -0.2) is 9.37 Å². The smallest absolute Gasteiger partial charge is 0.264 e. The molecular formula is C22H17FN2O3S. The second-order valence-electron chi connectivity index (χ2n) is 6.15. The fraction of sp³-hybridized carbons (Fsp3) is 0.0909. The first-order valence-corrected chi connectivity index (χ1v) is 9.60. The number of amides is 1. The highest BCUT2D eigenvalue weighted by atomic mass is 32.1. The van der Waals surface area contributed by atoms with Gasteiger partial charge in [0.05, 0.1) is 30.1 Å². The topological polar surface area (TPSA) is 51.7 Å². The lowest BCUT2D eigenvalue weighted by atomic mass is 10.1. The molecule has 0 atom stereocenters. The van der Waals surface area contributed by atoms with Crippen molar-refractivity contribution < 1.29 is 18.7 Å². The molecular weight excluding hydrogens is 391 g/mol. The molecule has 29 heavy (non-hydrogen) atoms. The number of fused-ring (bicyclic) bond motifs is 1. The van der Waals surface area contributed by atoms with Gasteiger partial charge in [0.1, 0.15) is 5.82 Å². The number of rotatable bonds is 5.